The van der Waals surface area contributed by atoms with Crippen LogP contribution in [0.25, 0.3) is 0 Å². The molecule has 0 saturated carbocycles. The van der Waals surface area contributed by atoms with E-state index < -0.39 is 0 Å². The summed E-state index contributed by atoms with van der Waals surface area (Å²) in [4.78, 5) is 0. The van der Waals surface area contributed by atoms with E-state index in [0.29, 0.717) is 12.1 Å². The minimum absolute atomic E-state index is 0.480. The lowest BCUT2D eigenvalue weighted by atomic mass is 10.0. The summed E-state index contributed by atoms with van der Waals surface area (Å²) in [5.74, 6) is 7.52. The fourth-order valence-electron chi connectivity index (χ4n) is 1.42. The van der Waals surface area contributed by atoms with Gasteiger partial charge < -0.3 is 0 Å². The van der Waals surface area contributed by atoms with Crippen molar-refractivity contribution in [1.29, 1.82) is 0 Å². The maximum absolute atomic E-state index is 7.52. The van der Waals surface area contributed by atoms with Crippen LogP contribution in [0.15, 0.2) is 0 Å². The summed E-state index contributed by atoms with van der Waals surface area (Å²) in [6, 6.07) is 0.961. The molecule has 0 amide bonds. The van der Waals surface area contributed by atoms with Crippen LogP contribution in [0.3, 0.4) is 0 Å². The third-order valence-electron chi connectivity index (χ3n) is 2.19. The van der Waals surface area contributed by atoms with Crippen molar-refractivity contribution in [2.24, 2.45) is 0 Å². The lowest BCUT2D eigenvalue weighted by Crippen LogP contribution is -2.42. The molecule has 9 heavy (non-hydrogen) atoms. The molecule has 1 heterocycles. The Morgan fingerprint density at radius 3 is 2.00 bits per heavy atom. The van der Waals surface area contributed by atoms with E-state index in [-0.39, 0.29) is 0 Å². The second-order valence-electron chi connectivity index (χ2n) is 3.04. The van der Waals surface area contributed by atoms with Gasteiger partial charge in [0.15, 0.2) is 0 Å². The Morgan fingerprint density at radius 1 is 1.22 bits per heavy atom. The highest BCUT2D eigenvalue weighted by molar-refractivity contribution is 4.74. The predicted molar refractivity (Wildman–Crippen MR) is 37.7 cm³/mol. The normalized spacial score (nSPS) is 39.0. The second-order valence-corrected chi connectivity index (χ2v) is 3.04. The Morgan fingerprint density at radius 2 is 1.67 bits per heavy atom. The maximum Gasteiger partial charge on any atom is 0.0232 e. The van der Waals surface area contributed by atoms with E-state index in [9.17, 15) is 0 Å². The molecular weight excluding hydrogens is 112 g/mol. The number of nitrogens with zero attached hydrogens (tertiary/aromatic N) is 1. The van der Waals surface area contributed by atoms with Gasteiger partial charge >= 0.3 is 0 Å². The lowest BCUT2D eigenvalue weighted by molar-refractivity contribution is 0.0936. The van der Waals surface area contributed by atoms with Gasteiger partial charge in [0.1, 0.15) is 0 Å². The summed E-state index contributed by atoms with van der Waals surface area (Å²) >= 11 is 0. The van der Waals surface area contributed by atoms with Crippen molar-refractivity contribution in [1.82, 2.24) is 10.9 Å². The molecule has 2 unspecified atom stereocenters. The summed E-state index contributed by atoms with van der Waals surface area (Å²) in [6.07, 6.45) is 3.71. The summed E-state index contributed by atoms with van der Waals surface area (Å²) in [6.45, 7) is 4.26. The van der Waals surface area contributed by atoms with Gasteiger partial charge in [0.2, 0.25) is 0 Å². The smallest absolute Gasteiger partial charge is 0.0232 e. The Kier molecular flexibility index (Phi) is 2.09. The molecule has 0 aromatic rings. The molecular formula is C7H15N2. The Labute approximate surface area is 57.0 Å². The van der Waals surface area contributed by atoms with Gasteiger partial charge in [0.05, 0.1) is 0 Å². The van der Waals surface area contributed by atoms with Crippen LogP contribution in [0.2, 0.25) is 0 Å². The fraction of sp³-hybridized carbons (Fsp3) is 1.00. The number of rotatable bonds is 0. The van der Waals surface area contributed by atoms with E-state index in [4.69, 9.17) is 5.84 Å². The molecule has 0 bridgehead atoms. The van der Waals surface area contributed by atoms with Crippen molar-refractivity contribution in [3.05, 3.63) is 0 Å². The van der Waals surface area contributed by atoms with E-state index in [1.54, 1.807) is 5.01 Å². The monoisotopic (exact) mass is 127 g/mol. The zero-order valence-corrected chi connectivity index (χ0v) is 6.22. The highest BCUT2D eigenvalue weighted by Gasteiger charge is 2.21. The first-order valence-electron chi connectivity index (χ1n) is 3.71. The molecule has 53 valence electrons. The molecule has 1 N–H and O–H groups in total. The fourth-order valence-corrected chi connectivity index (χ4v) is 1.42. The molecule has 0 aromatic heterocycles. The van der Waals surface area contributed by atoms with Crippen molar-refractivity contribution < 1.29 is 0 Å². The molecule has 1 radical (unpaired) electrons. The summed E-state index contributed by atoms with van der Waals surface area (Å²) < 4.78 is 0. The molecule has 1 saturated heterocycles. The van der Waals surface area contributed by atoms with Gasteiger partial charge in [-0.25, -0.2) is 5.01 Å². The van der Waals surface area contributed by atoms with E-state index in [2.05, 4.69) is 13.8 Å². The third kappa shape index (κ3) is 1.43. The van der Waals surface area contributed by atoms with Crippen LogP contribution in [-0.2, 0) is 0 Å². The average molecular weight is 127 g/mol. The van der Waals surface area contributed by atoms with Gasteiger partial charge in [-0.3, -0.25) is 0 Å². The molecule has 0 aliphatic carbocycles. The molecule has 2 atom stereocenters. The van der Waals surface area contributed by atoms with Gasteiger partial charge in [-0.05, 0) is 26.7 Å². The molecule has 1 rings (SSSR count). The van der Waals surface area contributed by atoms with E-state index in [1.165, 1.54) is 19.3 Å². The van der Waals surface area contributed by atoms with Crippen LogP contribution in [0, 0.1) is 0 Å². The van der Waals surface area contributed by atoms with E-state index in [1.807, 2.05) is 0 Å². The van der Waals surface area contributed by atoms with Gasteiger partial charge in [-0.1, -0.05) is 6.42 Å². The van der Waals surface area contributed by atoms with Crippen LogP contribution in [-0.4, -0.2) is 17.1 Å². The maximum atomic E-state index is 7.52. The quantitative estimate of drug-likeness (QED) is 0.484. The topological polar surface area (TPSA) is 27.0 Å². The Bertz CT molecular complexity index is 82.9. The van der Waals surface area contributed by atoms with Gasteiger partial charge in [0, 0.05) is 12.1 Å². The number of hydrogen-bond donors (Lipinski definition) is 0. The lowest BCUT2D eigenvalue weighted by Gasteiger charge is -2.33. The first kappa shape index (κ1) is 7.03. The summed E-state index contributed by atoms with van der Waals surface area (Å²) in [5, 5.41) is 1.73. The molecule has 2 heteroatoms. The van der Waals surface area contributed by atoms with Crippen LogP contribution in [0.4, 0.5) is 0 Å². The minimum atomic E-state index is 0.480. The number of hydrogen-bond acceptors (Lipinski definition) is 1. The molecule has 2 nitrogen and oxygen atoms in total. The van der Waals surface area contributed by atoms with Crippen molar-refractivity contribution in [3.8, 4) is 0 Å². The minimum Gasteiger partial charge on any atom is -0.224 e. The molecule has 1 aliphatic rings. The molecule has 0 aromatic carbocycles. The van der Waals surface area contributed by atoms with Crippen molar-refractivity contribution in [2.45, 2.75) is 45.2 Å². The largest absolute Gasteiger partial charge is 0.224 e. The van der Waals surface area contributed by atoms with Gasteiger partial charge in [0.25, 0.3) is 0 Å². The highest BCUT2D eigenvalue weighted by Crippen LogP contribution is 2.18. The van der Waals surface area contributed by atoms with Crippen molar-refractivity contribution in [3.63, 3.8) is 0 Å². The van der Waals surface area contributed by atoms with Crippen LogP contribution in [0.5, 0.6) is 0 Å². The molecule has 1 fully saturated rings. The zero-order valence-electron chi connectivity index (χ0n) is 6.22. The number of nitrogens with one attached hydrogen (secondary N) is 1. The summed E-state index contributed by atoms with van der Waals surface area (Å²) in [5.41, 5.74) is 0. The van der Waals surface area contributed by atoms with E-state index >= 15 is 0 Å². The van der Waals surface area contributed by atoms with Gasteiger partial charge in [-0.15, -0.1) is 0 Å². The molecule has 1 aliphatic heterocycles. The highest BCUT2D eigenvalue weighted by atomic mass is 15.4. The van der Waals surface area contributed by atoms with Crippen molar-refractivity contribution >= 4 is 0 Å². The SMILES string of the molecule is CC1CCCC(C)N1[NH]. The summed E-state index contributed by atoms with van der Waals surface area (Å²) in [7, 11) is 0. The molecule has 0 spiro atoms. The van der Waals surface area contributed by atoms with Crippen LogP contribution >= 0.6 is 0 Å². The first-order chi connectivity index (χ1) is 4.22. The third-order valence-corrected chi connectivity index (χ3v) is 2.19. The first-order valence-corrected chi connectivity index (χ1v) is 3.71. The van der Waals surface area contributed by atoms with Crippen molar-refractivity contribution in [2.75, 3.05) is 0 Å². The van der Waals surface area contributed by atoms with E-state index in [0.717, 1.165) is 0 Å². The van der Waals surface area contributed by atoms with Gasteiger partial charge in [-0.2, -0.15) is 5.84 Å². The van der Waals surface area contributed by atoms with Crippen LogP contribution < -0.4 is 5.84 Å². The average Bonchev–Trinajstić information content (AvgIpc) is 1.83. The second kappa shape index (κ2) is 2.67. The van der Waals surface area contributed by atoms with Crippen LogP contribution in [0.1, 0.15) is 33.1 Å². The Balaban J connectivity index is 2.41. The Hall–Kier alpha value is -0.0800. The predicted octanol–water partition coefficient (Wildman–Crippen LogP) is 1.45. The standard InChI is InChI=1S/C7H15N2/c1-6-4-3-5-7(2)9(6)8/h6-8H,3-5H2,1-2H3. The zero-order chi connectivity index (χ0) is 6.85. The number of piperidine rings is 1.